The van der Waals surface area contributed by atoms with Crippen molar-refractivity contribution >= 4 is 23.7 Å². The predicted molar refractivity (Wildman–Crippen MR) is 103 cm³/mol. The highest BCUT2D eigenvalue weighted by Gasteiger charge is 2.14. The quantitative estimate of drug-likeness (QED) is 0.363. The number of hydrogen-bond acceptors (Lipinski definition) is 7. The molecule has 0 spiro atoms. The molecule has 0 saturated heterocycles. The molecule has 0 aliphatic heterocycles. The third-order valence-corrected chi connectivity index (χ3v) is 3.39. The zero-order valence-corrected chi connectivity index (χ0v) is 16.1. The van der Waals surface area contributed by atoms with E-state index < -0.39 is 5.91 Å². The number of methoxy groups -OCH3 is 2. The van der Waals surface area contributed by atoms with Crippen molar-refractivity contribution in [2.24, 2.45) is 0 Å². The topological polar surface area (TPSA) is 103 Å². The molecule has 0 aliphatic rings. The van der Waals surface area contributed by atoms with E-state index in [1.54, 1.807) is 38.5 Å². The van der Waals surface area contributed by atoms with Gasteiger partial charge in [0.05, 0.1) is 19.3 Å². The van der Waals surface area contributed by atoms with Crippen molar-refractivity contribution in [3.8, 4) is 23.3 Å². The summed E-state index contributed by atoms with van der Waals surface area (Å²) in [5, 5.41) is 9.32. The number of rotatable bonds is 8. The van der Waals surface area contributed by atoms with Gasteiger partial charge in [-0.05, 0) is 31.2 Å². The zero-order chi connectivity index (χ0) is 19.8. The lowest BCUT2D eigenvalue weighted by molar-refractivity contribution is 0.0880. The van der Waals surface area contributed by atoms with E-state index in [2.05, 4.69) is 22.9 Å². The second kappa shape index (κ2) is 9.79. The van der Waals surface area contributed by atoms with Gasteiger partial charge in [0, 0.05) is 19.2 Å². The van der Waals surface area contributed by atoms with Gasteiger partial charge in [-0.1, -0.05) is 0 Å². The molecule has 0 aliphatic carbocycles. The van der Waals surface area contributed by atoms with Gasteiger partial charge in [-0.25, -0.2) is 0 Å². The van der Waals surface area contributed by atoms with E-state index in [0.29, 0.717) is 18.1 Å². The fraction of sp³-hybridized carbons (Fsp3) is 0.278. The predicted octanol–water partition coefficient (Wildman–Crippen LogP) is 2.89. The number of ether oxygens (including phenoxy) is 4. The summed E-state index contributed by atoms with van der Waals surface area (Å²) in [6.07, 6.45) is -0.280. The highest BCUT2D eigenvalue weighted by molar-refractivity contribution is 7.96. The Balaban J connectivity index is 2.29. The van der Waals surface area contributed by atoms with Crippen LogP contribution in [0, 0.1) is 5.41 Å². The van der Waals surface area contributed by atoms with Crippen molar-refractivity contribution in [1.29, 1.82) is 5.41 Å². The van der Waals surface area contributed by atoms with Crippen molar-refractivity contribution in [2.75, 3.05) is 20.8 Å². The fourth-order valence-corrected chi connectivity index (χ4v) is 2.25. The summed E-state index contributed by atoms with van der Waals surface area (Å²) in [5.41, 5.74) is 0.215. The molecule has 0 fully saturated rings. The Hall–Kier alpha value is -2.78. The number of carbonyl (C=O) groups is 1. The maximum atomic E-state index is 12.2. The number of hydrogen-bond donors (Lipinski definition) is 3. The molecule has 0 unspecified atom stereocenters. The summed E-state index contributed by atoms with van der Waals surface area (Å²) < 4.78 is 21.6. The fourth-order valence-electron chi connectivity index (χ4n) is 2.14. The highest BCUT2D eigenvalue weighted by atomic mass is 32.1. The minimum atomic E-state index is -0.527. The van der Waals surface area contributed by atoms with Crippen LogP contribution in [0.2, 0.25) is 0 Å². The summed E-state index contributed by atoms with van der Waals surface area (Å²) >= 11 is 3.77. The monoisotopic (exact) mass is 391 g/mol. The molecule has 2 aromatic rings. The summed E-state index contributed by atoms with van der Waals surface area (Å²) in [6, 6.07) is 9.82. The van der Waals surface area contributed by atoms with E-state index in [4.69, 9.17) is 24.4 Å². The molecule has 144 valence electrons. The number of thiol groups is 1. The van der Waals surface area contributed by atoms with Gasteiger partial charge >= 0.3 is 0 Å². The van der Waals surface area contributed by atoms with Gasteiger partial charge in [0.15, 0.2) is 5.17 Å². The lowest BCUT2D eigenvalue weighted by Gasteiger charge is -2.15. The number of benzene rings is 1. The Labute approximate surface area is 162 Å². The minimum absolute atomic E-state index is 0.165. The van der Waals surface area contributed by atoms with Crippen LogP contribution in [0.15, 0.2) is 36.4 Å². The average Bonchev–Trinajstić information content (AvgIpc) is 2.61. The van der Waals surface area contributed by atoms with Crippen LogP contribution in [-0.2, 0) is 4.74 Å². The summed E-state index contributed by atoms with van der Waals surface area (Å²) in [7, 11) is 3.14. The lowest BCUT2D eigenvalue weighted by Crippen LogP contribution is -2.26. The third kappa shape index (κ3) is 6.46. The first-order chi connectivity index (χ1) is 12.9. The van der Waals surface area contributed by atoms with E-state index in [-0.39, 0.29) is 28.6 Å². The number of carbonyl (C=O) groups excluding carboxylic acids is 1. The van der Waals surface area contributed by atoms with Crippen LogP contribution in [0.1, 0.15) is 17.3 Å². The van der Waals surface area contributed by atoms with Gasteiger partial charge in [-0.15, -0.1) is 12.6 Å². The Kier molecular flexibility index (Phi) is 7.44. The van der Waals surface area contributed by atoms with E-state index in [1.807, 2.05) is 6.92 Å². The van der Waals surface area contributed by atoms with Crippen molar-refractivity contribution in [3.05, 3.63) is 42.0 Å². The number of amides is 1. The number of aromatic nitrogens is 1. The average molecular weight is 391 g/mol. The molecule has 0 bridgehead atoms. The van der Waals surface area contributed by atoms with E-state index in [9.17, 15) is 4.79 Å². The van der Waals surface area contributed by atoms with Gasteiger partial charge in [0.1, 0.15) is 17.6 Å². The molecule has 27 heavy (non-hydrogen) atoms. The highest BCUT2D eigenvalue weighted by Crippen LogP contribution is 2.26. The number of nitrogens with one attached hydrogen (secondary N) is 2. The van der Waals surface area contributed by atoms with Gasteiger partial charge in [-0.2, -0.15) is 4.98 Å². The maximum Gasteiger partial charge on any atom is 0.257 e. The third-order valence-electron chi connectivity index (χ3n) is 3.28. The molecule has 1 aromatic heterocycles. The van der Waals surface area contributed by atoms with Crippen LogP contribution in [0.5, 0.6) is 23.3 Å². The lowest BCUT2D eigenvalue weighted by atomic mass is 10.2. The molecule has 2 N–H and O–H groups in total. The van der Waals surface area contributed by atoms with Crippen molar-refractivity contribution in [1.82, 2.24) is 10.3 Å². The molecule has 1 heterocycles. The molecule has 8 nitrogen and oxygen atoms in total. The summed E-state index contributed by atoms with van der Waals surface area (Å²) in [6.45, 7) is 2.17. The van der Waals surface area contributed by atoms with Gasteiger partial charge < -0.3 is 24.3 Å². The Morgan fingerprint density at radius 3 is 2.41 bits per heavy atom. The first-order valence-electron chi connectivity index (χ1n) is 7.99. The van der Waals surface area contributed by atoms with Gasteiger partial charge in [-0.3, -0.25) is 10.2 Å². The molecule has 1 aromatic carbocycles. The van der Waals surface area contributed by atoms with Crippen molar-refractivity contribution in [3.63, 3.8) is 0 Å². The molecule has 0 saturated carbocycles. The Morgan fingerprint density at radius 1 is 1.19 bits per heavy atom. The van der Waals surface area contributed by atoms with Crippen LogP contribution >= 0.6 is 12.6 Å². The van der Waals surface area contributed by atoms with E-state index in [0.717, 1.165) is 0 Å². The molecule has 0 radical (unpaired) electrons. The van der Waals surface area contributed by atoms with Crippen LogP contribution in [-0.4, -0.2) is 43.0 Å². The normalized spacial score (nSPS) is 11.4. The van der Waals surface area contributed by atoms with E-state index >= 15 is 0 Å². The second-order valence-corrected chi connectivity index (χ2v) is 5.94. The standard InChI is InChI=1S/C18H21N3O5S/c1-11(10-23-2)25-15-8-12(17(22)21-18(19)27)9-16(20-15)26-14-6-4-13(24-3)5-7-14/h4-9,11H,10H2,1-3H3,(H3,19,21,22,27)/t11-/m1/s1. The Bertz CT molecular complexity index is 798. The minimum Gasteiger partial charge on any atom is -0.497 e. The molecule has 1 amide bonds. The van der Waals surface area contributed by atoms with Crippen LogP contribution in [0.4, 0.5) is 0 Å². The molecular formula is C18H21N3O5S. The maximum absolute atomic E-state index is 12.2. The summed E-state index contributed by atoms with van der Waals surface area (Å²) in [5.74, 6) is 1.03. The molecule has 9 heteroatoms. The number of pyridine rings is 1. The van der Waals surface area contributed by atoms with Gasteiger partial charge in [0.25, 0.3) is 5.91 Å². The van der Waals surface area contributed by atoms with Crippen LogP contribution in [0.25, 0.3) is 0 Å². The van der Waals surface area contributed by atoms with Gasteiger partial charge in [0.2, 0.25) is 11.8 Å². The van der Waals surface area contributed by atoms with E-state index in [1.165, 1.54) is 12.1 Å². The smallest absolute Gasteiger partial charge is 0.257 e. The summed E-state index contributed by atoms with van der Waals surface area (Å²) in [4.78, 5) is 16.5. The Morgan fingerprint density at radius 2 is 1.81 bits per heavy atom. The molecular weight excluding hydrogens is 370 g/mol. The largest absolute Gasteiger partial charge is 0.497 e. The number of nitrogens with zero attached hydrogens (tertiary/aromatic N) is 1. The molecule has 2 rings (SSSR count). The first kappa shape index (κ1) is 20.5. The first-order valence-corrected chi connectivity index (χ1v) is 8.44. The van der Waals surface area contributed by atoms with Crippen molar-refractivity contribution < 1.29 is 23.7 Å². The zero-order valence-electron chi connectivity index (χ0n) is 15.2. The van der Waals surface area contributed by atoms with Crippen LogP contribution in [0.3, 0.4) is 0 Å². The second-order valence-electron chi connectivity index (χ2n) is 5.50. The van der Waals surface area contributed by atoms with Crippen molar-refractivity contribution in [2.45, 2.75) is 13.0 Å². The van der Waals surface area contributed by atoms with Crippen LogP contribution < -0.4 is 19.5 Å². The SMILES string of the molecule is COC[C@@H](C)Oc1cc(C(=O)NC(=N)S)cc(Oc2ccc(OC)cc2)n1. The number of amidine groups is 1. The molecule has 1 atom stereocenters.